The van der Waals surface area contributed by atoms with Crippen molar-refractivity contribution in [1.29, 1.82) is 0 Å². The second-order valence-corrected chi connectivity index (χ2v) is 8.54. The van der Waals surface area contributed by atoms with Gasteiger partial charge in [-0.25, -0.2) is 9.37 Å². The highest BCUT2D eigenvalue weighted by atomic mass is 127. The van der Waals surface area contributed by atoms with Crippen molar-refractivity contribution in [2.24, 2.45) is 10.9 Å². The molecule has 2 aliphatic heterocycles. The number of rotatable bonds is 8. The second kappa shape index (κ2) is 13.4. The lowest BCUT2D eigenvalue weighted by atomic mass is 10.0. The third kappa shape index (κ3) is 8.02. The van der Waals surface area contributed by atoms with E-state index < -0.39 is 0 Å². The lowest BCUT2D eigenvalue weighted by Crippen LogP contribution is -2.48. The molecule has 3 rings (SSSR count). The van der Waals surface area contributed by atoms with Gasteiger partial charge in [-0.3, -0.25) is 9.89 Å². The number of morpholine rings is 1. The molecule has 0 spiro atoms. The van der Waals surface area contributed by atoms with E-state index in [1.807, 2.05) is 4.90 Å². The maximum Gasteiger partial charge on any atom is 0.191 e. The Morgan fingerprint density at radius 1 is 1.32 bits per heavy atom. The number of pyridine rings is 1. The highest BCUT2D eigenvalue weighted by molar-refractivity contribution is 14.0. The van der Waals surface area contributed by atoms with Crippen molar-refractivity contribution in [3.05, 3.63) is 24.1 Å². The molecule has 2 N–H and O–H groups in total. The zero-order valence-electron chi connectivity index (χ0n) is 19.0. The first kappa shape index (κ1) is 26.1. The predicted octanol–water partition coefficient (Wildman–Crippen LogP) is 2.72. The fourth-order valence-corrected chi connectivity index (χ4v) is 4.22. The van der Waals surface area contributed by atoms with Crippen LogP contribution in [0.5, 0.6) is 0 Å². The normalized spacial score (nSPS) is 21.1. The Bertz CT molecular complexity index is 686. The summed E-state index contributed by atoms with van der Waals surface area (Å²) in [5.41, 5.74) is 0. The molecule has 9 heteroatoms. The highest BCUT2D eigenvalue weighted by Crippen LogP contribution is 2.21. The Morgan fingerprint density at radius 2 is 2.10 bits per heavy atom. The largest absolute Gasteiger partial charge is 0.379 e. The lowest BCUT2D eigenvalue weighted by molar-refractivity contribution is 0.0143. The first-order valence-electron chi connectivity index (χ1n) is 11.3. The van der Waals surface area contributed by atoms with Gasteiger partial charge in [0.25, 0.3) is 0 Å². The zero-order chi connectivity index (χ0) is 21.3. The molecule has 3 heterocycles. The van der Waals surface area contributed by atoms with Crippen LogP contribution >= 0.6 is 24.0 Å². The third-order valence-corrected chi connectivity index (χ3v) is 5.68. The summed E-state index contributed by atoms with van der Waals surface area (Å²) in [4.78, 5) is 13.7. The monoisotopic (exact) mass is 548 g/mol. The molecule has 2 saturated heterocycles. The number of anilines is 1. The summed E-state index contributed by atoms with van der Waals surface area (Å²) in [5.74, 6) is 1.64. The Hall–Kier alpha value is -1.20. The van der Waals surface area contributed by atoms with E-state index >= 15 is 0 Å². The smallest absolute Gasteiger partial charge is 0.191 e. The average Bonchev–Trinajstić information content (AvgIpc) is 3.20. The first-order chi connectivity index (χ1) is 14.6. The van der Waals surface area contributed by atoms with E-state index in [-0.39, 0.29) is 35.8 Å². The summed E-state index contributed by atoms with van der Waals surface area (Å²) in [5, 5.41) is 6.93. The molecule has 0 aliphatic carbocycles. The summed E-state index contributed by atoms with van der Waals surface area (Å²) in [6.45, 7) is 13.3. The lowest BCUT2D eigenvalue weighted by Gasteiger charge is -2.34. The molecule has 2 fully saturated rings. The molecule has 2 atom stereocenters. The maximum absolute atomic E-state index is 14.1. The van der Waals surface area contributed by atoms with Crippen molar-refractivity contribution in [1.82, 2.24) is 20.5 Å². The van der Waals surface area contributed by atoms with Crippen LogP contribution in [0.2, 0.25) is 0 Å². The van der Waals surface area contributed by atoms with Crippen molar-refractivity contribution >= 4 is 35.8 Å². The molecule has 0 bridgehead atoms. The van der Waals surface area contributed by atoms with E-state index in [0.717, 1.165) is 71.3 Å². The minimum Gasteiger partial charge on any atom is -0.379 e. The van der Waals surface area contributed by atoms with Gasteiger partial charge in [-0.15, -0.1) is 24.0 Å². The highest BCUT2D eigenvalue weighted by Gasteiger charge is 2.26. The van der Waals surface area contributed by atoms with Gasteiger partial charge >= 0.3 is 0 Å². The Kier molecular flexibility index (Phi) is 11.2. The molecule has 1 aromatic rings. The van der Waals surface area contributed by atoms with Crippen LogP contribution in [0, 0.1) is 11.7 Å². The minimum absolute atomic E-state index is 0. The summed E-state index contributed by atoms with van der Waals surface area (Å²) in [6, 6.07) is 3.74. The molecule has 2 aliphatic rings. The number of guanidine groups is 1. The van der Waals surface area contributed by atoms with E-state index in [1.54, 1.807) is 12.3 Å². The van der Waals surface area contributed by atoms with E-state index in [0.29, 0.717) is 17.8 Å². The molecule has 0 aromatic carbocycles. The predicted molar refractivity (Wildman–Crippen MR) is 135 cm³/mol. The molecule has 0 radical (unpaired) electrons. The molecule has 31 heavy (non-hydrogen) atoms. The molecule has 0 amide bonds. The summed E-state index contributed by atoms with van der Waals surface area (Å²) in [6.07, 6.45) is 3.70. The molecule has 176 valence electrons. The number of aromatic nitrogens is 1. The van der Waals surface area contributed by atoms with Crippen LogP contribution in [-0.2, 0) is 4.74 Å². The van der Waals surface area contributed by atoms with Gasteiger partial charge in [-0.05, 0) is 37.8 Å². The molecule has 0 saturated carbocycles. The number of halogens is 2. The summed E-state index contributed by atoms with van der Waals surface area (Å²) < 4.78 is 19.6. The summed E-state index contributed by atoms with van der Waals surface area (Å²) in [7, 11) is 0. The van der Waals surface area contributed by atoms with Gasteiger partial charge in [0.15, 0.2) is 17.6 Å². The number of ether oxygens (including phenoxy) is 1. The van der Waals surface area contributed by atoms with Crippen molar-refractivity contribution in [3.8, 4) is 0 Å². The van der Waals surface area contributed by atoms with Gasteiger partial charge in [-0.1, -0.05) is 13.8 Å². The number of hydrogen-bond acceptors (Lipinski definition) is 5. The third-order valence-electron chi connectivity index (χ3n) is 5.68. The molecule has 1 aromatic heterocycles. The molecule has 2 unspecified atom stereocenters. The van der Waals surface area contributed by atoms with Crippen LogP contribution in [-0.4, -0.2) is 80.4 Å². The fraction of sp³-hybridized carbons (Fsp3) is 0.727. The molecular formula is C22H38FIN6O. The van der Waals surface area contributed by atoms with E-state index in [2.05, 4.69) is 41.3 Å². The Labute approximate surface area is 203 Å². The Morgan fingerprint density at radius 3 is 2.77 bits per heavy atom. The quantitative estimate of drug-likeness (QED) is 0.296. The summed E-state index contributed by atoms with van der Waals surface area (Å²) >= 11 is 0. The van der Waals surface area contributed by atoms with E-state index in [9.17, 15) is 4.39 Å². The van der Waals surface area contributed by atoms with Gasteiger partial charge in [0.2, 0.25) is 0 Å². The van der Waals surface area contributed by atoms with Crippen LogP contribution in [0.4, 0.5) is 10.2 Å². The van der Waals surface area contributed by atoms with E-state index in [1.165, 1.54) is 6.07 Å². The average molecular weight is 548 g/mol. The number of nitrogens with one attached hydrogen (secondary N) is 2. The van der Waals surface area contributed by atoms with Gasteiger partial charge in [-0.2, -0.15) is 0 Å². The SMILES string of the molecule is CCNC(=NCC(CC(C)C)N1CCOCC1)NC1CCN(c2ncccc2F)C1.I. The van der Waals surface area contributed by atoms with Crippen molar-refractivity contribution in [2.75, 3.05) is 57.4 Å². The second-order valence-electron chi connectivity index (χ2n) is 8.54. The molecular weight excluding hydrogens is 510 g/mol. The molecule has 7 nitrogen and oxygen atoms in total. The first-order valence-corrected chi connectivity index (χ1v) is 11.3. The van der Waals surface area contributed by atoms with Gasteiger partial charge in [0.05, 0.1) is 19.8 Å². The van der Waals surface area contributed by atoms with Crippen LogP contribution in [0.1, 0.15) is 33.6 Å². The zero-order valence-corrected chi connectivity index (χ0v) is 21.3. The number of nitrogens with zero attached hydrogens (tertiary/aromatic N) is 4. The van der Waals surface area contributed by atoms with Crippen LogP contribution in [0.15, 0.2) is 23.3 Å². The van der Waals surface area contributed by atoms with Crippen molar-refractivity contribution < 1.29 is 9.13 Å². The maximum atomic E-state index is 14.1. The Balaban J connectivity index is 0.00000341. The number of hydrogen-bond donors (Lipinski definition) is 2. The topological polar surface area (TPSA) is 65.0 Å². The van der Waals surface area contributed by atoms with Crippen LogP contribution < -0.4 is 15.5 Å². The van der Waals surface area contributed by atoms with Crippen molar-refractivity contribution in [3.63, 3.8) is 0 Å². The van der Waals surface area contributed by atoms with E-state index in [4.69, 9.17) is 9.73 Å². The number of aliphatic imine (C=N–C) groups is 1. The van der Waals surface area contributed by atoms with Crippen LogP contribution in [0.25, 0.3) is 0 Å². The standard InChI is InChI=1S/C22H37FN6O.HI/c1-4-24-22(26-15-19(14-17(2)3)28-10-12-30-13-11-28)27-18-7-9-29(16-18)21-20(23)6-5-8-25-21;/h5-6,8,17-19H,4,7,9-16H2,1-3H3,(H2,24,26,27);1H. The van der Waals surface area contributed by atoms with Crippen LogP contribution in [0.3, 0.4) is 0 Å². The van der Waals surface area contributed by atoms with Gasteiger partial charge in [0, 0.05) is 51.0 Å². The van der Waals surface area contributed by atoms with Gasteiger partial charge in [0.1, 0.15) is 0 Å². The van der Waals surface area contributed by atoms with Crippen molar-refractivity contribution in [2.45, 2.75) is 45.7 Å². The van der Waals surface area contributed by atoms with Gasteiger partial charge < -0.3 is 20.3 Å². The minimum atomic E-state index is -0.263. The fourth-order valence-electron chi connectivity index (χ4n) is 4.22.